The molecule has 1 fully saturated rings. The fourth-order valence-electron chi connectivity index (χ4n) is 2.25. The van der Waals surface area contributed by atoms with Crippen molar-refractivity contribution in [3.05, 3.63) is 42.0 Å². The number of imidazole rings is 1. The first kappa shape index (κ1) is 16.7. The van der Waals surface area contributed by atoms with Gasteiger partial charge in [-0.15, -0.1) is 0 Å². The van der Waals surface area contributed by atoms with Crippen molar-refractivity contribution in [2.24, 2.45) is 0 Å². The number of hydrogen-bond donors (Lipinski definition) is 3. The quantitative estimate of drug-likeness (QED) is 0.713. The van der Waals surface area contributed by atoms with Crippen molar-refractivity contribution in [3.8, 4) is 0 Å². The maximum Gasteiger partial charge on any atom is 0.273 e. The molecule has 0 radical (unpaired) electrons. The molecule has 7 nitrogen and oxygen atoms in total. The predicted octanol–water partition coefficient (Wildman–Crippen LogP) is 2.23. The number of amides is 1. The van der Waals surface area contributed by atoms with Crippen LogP contribution in [-0.4, -0.2) is 30.8 Å². The molecule has 0 atom stereocenters. The molecular formula is C16H20N4O3S. The molecule has 24 heavy (non-hydrogen) atoms. The van der Waals surface area contributed by atoms with Gasteiger partial charge in [0.1, 0.15) is 11.5 Å². The highest BCUT2D eigenvalue weighted by atomic mass is 32.2. The molecule has 1 aromatic heterocycles. The number of benzene rings is 1. The summed E-state index contributed by atoms with van der Waals surface area (Å²) in [4.78, 5) is 19.6. The Bertz CT molecular complexity index is 823. The normalized spacial score (nSPS) is 14.5. The van der Waals surface area contributed by atoms with Gasteiger partial charge in [-0.2, -0.15) is 0 Å². The molecule has 128 valence electrons. The number of anilines is 1. The number of hydrogen-bond acceptors (Lipinski definition) is 4. The summed E-state index contributed by atoms with van der Waals surface area (Å²) in [5.74, 6) is 1.00. The third-order valence-electron chi connectivity index (χ3n) is 3.77. The summed E-state index contributed by atoms with van der Waals surface area (Å²) in [5, 5.41) is 2.73. The molecule has 0 spiro atoms. The molecule has 1 aromatic carbocycles. The van der Waals surface area contributed by atoms with E-state index in [0.29, 0.717) is 23.8 Å². The number of nitrogens with zero attached hydrogens (tertiary/aromatic N) is 1. The minimum atomic E-state index is -3.50. The molecule has 0 unspecified atom stereocenters. The van der Waals surface area contributed by atoms with Crippen LogP contribution in [0.15, 0.2) is 35.4 Å². The van der Waals surface area contributed by atoms with Gasteiger partial charge in [0.15, 0.2) is 0 Å². The van der Waals surface area contributed by atoms with Crippen LogP contribution in [0.25, 0.3) is 0 Å². The second kappa shape index (κ2) is 6.74. The van der Waals surface area contributed by atoms with E-state index < -0.39 is 10.0 Å². The van der Waals surface area contributed by atoms with E-state index in [1.807, 2.05) is 6.92 Å². The predicted molar refractivity (Wildman–Crippen MR) is 90.4 cm³/mol. The SMILES string of the molecule is CCCNS(=O)(=O)c1ccc(NC(=O)c2cnc(C3CC3)[nH]2)cc1. The molecule has 1 aliphatic rings. The number of nitrogens with one attached hydrogen (secondary N) is 3. The number of aromatic amines is 1. The largest absolute Gasteiger partial charge is 0.338 e. The molecule has 0 aliphatic heterocycles. The van der Waals surface area contributed by atoms with E-state index in [1.165, 1.54) is 18.3 Å². The number of sulfonamides is 1. The van der Waals surface area contributed by atoms with Crippen LogP contribution in [0.5, 0.6) is 0 Å². The molecular weight excluding hydrogens is 328 g/mol. The first-order valence-corrected chi connectivity index (χ1v) is 9.44. The molecule has 0 saturated heterocycles. The zero-order valence-corrected chi connectivity index (χ0v) is 14.2. The third kappa shape index (κ3) is 3.82. The highest BCUT2D eigenvalue weighted by molar-refractivity contribution is 7.89. The average molecular weight is 348 g/mol. The Morgan fingerprint density at radius 1 is 1.29 bits per heavy atom. The van der Waals surface area contributed by atoms with Crippen molar-refractivity contribution in [2.75, 3.05) is 11.9 Å². The Balaban J connectivity index is 1.65. The van der Waals surface area contributed by atoms with E-state index in [1.54, 1.807) is 12.1 Å². The number of H-pyrrole nitrogens is 1. The average Bonchev–Trinajstić information content (AvgIpc) is 3.30. The summed E-state index contributed by atoms with van der Waals surface area (Å²) in [6.45, 7) is 2.29. The maximum absolute atomic E-state index is 12.2. The van der Waals surface area contributed by atoms with Crippen molar-refractivity contribution in [2.45, 2.75) is 37.0 Å². The molecule has 3 N–H and O–H groups in total. The van der Waals surface area contributed by atoms with E-state index in [-0.39, 0.29) is 10.8 Å². The molecule has 1 heterocycles. The fourth-order valence-corrected chi connectivity index (χ4v) is 3.39. The molecule has 0 bridgehead atoms. The van der Waals surface area contributed by atoms with Gasteiger partial charge >= 0.3 is 0 Å². The summed E-state index contributed by atoms with van der Waals surface area (Å²) in [5.41, 5.74) is 0.926. The summed E-state index contributed by atoms with van der Waals surface area (Å²) in [7, 11) is -3.50. The summed E-state index contributed by atoms with van der Waals surface area (Å²) in [6.07, 6.45) is 4.46. The smallest absolute Gasteiger partial charge is 0.273 e. The molecule has 3 rings (SSSR count). The molecule has 1 aliphatic carbocycles. The highest BCUT2D eigenvalue weighted by Gasteiger charge is 2.27. The summed E-state index contributed by atoms with van der Waals surface area (Å²) >= 11 is 0. The zero-order chi connectivity index (χ0) is 17.2. The van der Waals surface area contributed by atoms with E-state index in [9.17, 15) is 13.2 Å². The lowest BCUT2D eigenvalue weighted by Gasteiger charge is -2.07. The van der Waals surface area contributed by atoms with Crippen molar-refractivity contribution in [1.82, 2.24) is 14.7 Å². The second-order valence-corrected chi connectivity index (χ2v) is 7.60. The minimum absolute atomic E-state index is 0.173. The van der Waals surface area contributed by atoms with Crippen LogP contribution in [0, 0.1) is 0 Å². The lowest BCUT2D eigenvalue weighted by atomic mass is 10.3. The monoisotopic (exact) mass is 348 g/mol. The van der Waals surface area contributed by atoms with Gasteiger partial charge in [0, 0.05) is 18.2 Å². The number of carbonyl (C=O) groups excluding carboxylic acids is 1. The Morgan fingerprint density at radius 3 is 2.62 bits per heavy atom. The van der Waals surface area contributed by atoms with Gasteiger partial charge in [0.05, 0.1) is 11.1 Å². The Kier molecular flexibility index (Phi) is 4.68. The van der Waals surface area contributed by atoms with Crippen LogP contribution in [0.1, 0.15) is 48.4 Å². The first-order chi connectivity index (χ1) is 11.5. The van der Waals surface area contributed by atoms with Crippen LogP contribution < -0.4 is 10.0 Å². The van der Waals surface area contributed by atoms with Gasteiger partial charge in [-0.3, -0.25) is 4.79 Å². The van der Waals surface area contributed by atoms with Crippen molar-refractivity contribution in [1.29, 1.82) is 0 Å². The lowest BCUT2D eigenvalue weighted by Crippen LogP contribution is -2.24. The van der Waals surface area contributed by atoms with Crippen molar-refractivity contribution in [3.63, 3.8) is 0 Å². The van der Waals surface area contributed by atoms with Crippen LogP contribution in [0.4, 0.5) is 5.69 Å². The van der Waals surface area contributed by atoms with Gasteiger partial charge in [-0.1, -0.05) is 6.92 Å². The van der Waals surface area contributed by atoms with Gasteiger partial charge < -0.3 is 10.3 Å². The topological polar surface area (TPSA) is 104 Å². The summed E-state index contributed by atoms with van der Waals surface area (Å²) in [6, 6.07) is 6.07. The van der Waals surface area contributed by atoms with Crippen LogP contribution in [-0.2, 0) is 10.0 Å². The lowest BCUT2D eigenvalue weighted by molar-refractivity contribution is 0.102. The second-order valence-electron chi connectivity index (χ2n) is 5.83. The van der Waals surface area contributed by atoms with E-state index in [4.69, 9.17) is 0 Å². The summed E-state index contributed by atoms with van der Waals surface area (Å²) < 4.78 is 26.5. The molecule has 1 saturated carbocycles. The Morgan fingerprint density at radius 2 is 2.00 bits per heavy atom. The van der Waals surface area contributed by atoms with Gasteiger partial charge in [0.25, 0.3) is 5.91 Å². The van der Waals surface area contributed by atoms with Gasteiger partial charge in [0.2, 0.25) is 10.0 Å². The van der Waals surface area contributed by atoms with Gasteiger partial charge in [-0.05, 0) is 43.5 Å². The zero-order valence-electron chi connectivity index (χ0n) is 13.4. The van der Waals surface area contributed by atoms with Crippen LogP contribution >= 0.6 is 0 Å². The molecule has 8 heteroatoms. The first-order valence-electron chi connectivity index (χ1n) is 7.95. The Labute approximate surface area is 140 Å². The van der Waals surface area contributed by atoms with Crippen molar-refractivity contribution < 1.29 is 13.2 Å². The molecule has 1 amide bonds. The van der Waals surface area contributed by atoms with E-state index >= 15 is 0 Å². The number of rotatable bonds is 7. The van der Waals surface area contributed by atoms with Crippen LogP contribution in [0.2, 0.25) is 0 Å². The fraction of sp³-hybridized carbons (Fsp3) is 0.375. The van der Waals surface area contributed by atoms with Crippen LogP contribution in [0.3, 0.4) is 0 Å². The minimum Gasteiger partial charge on any atom is -0.338 e. The van der Waals surface area contributed by atoms with Gasteiger partial charge in [-0.25, -0.2) is 18.1 Å². The maximum atomic E-state index is 12.2. The highest BCUT2D eigenvalue weighted by Crippen LogP contribution is 2.38. The van der Waals surface area contributed by atoms with Crippen molar-refractivity contribution >= 4 is 21.6 Å². The third-order valence-corrected chi connectivity index (χ3v) is 5.25. The number of carbonyl (C=O) groups is 1. The molecule has 2 aromatic rings. The van der Waals surface area contributed by atoms with E-state index in [2.05, 4.69) is 20.0 Å². The standard InChI is InChI=1S/C16H20N4O3S/c1-2-9-18-24(22,23)13-7-5-12(6-8-13)19-16(21)14-10-17-15(20-14)11-3-4-11/h5-8,10-11,18H,2-4,9H2,1H3,(H,17,20)(H,19,21). The number of aromatic nitrogens is 2. The van der Waals surface area contributed by atoms with E-state index in [0.717, 1.165) is 25.1 Å². The Hall–Kier alpha value is -2.19.